The summed E-state index contributed by atoms with van der Waals surface area (Å²) in [5.74, 6) is 2.22. The number of carbonyl (C=O) groups excluding carboxylic acids is 2. The largest absolute Gasteiger partial charge is 0.464 e. The van der Waals surface area contributed by atoms with Crippen LogP contribution in [0, 0.1) is 18.3 Å². The third-order valence-corrected chi connectivity index (χ3v) is 5.81. The molecule has 0 unspecified atom stereocenters. The van der Waals surface area contributed by atoms with Gasteiger partial charge in [-0.15, -0.1) is 6.42 Å². The zero-order chi connectivity index (χ0) is 21.7. The topological polar surface area (TPSA) is 74.6 Å². The zero-order valence-electron chi connectivity index (χ0n) is 18.0. The molecule has 3 rings (SSSR count). The van der Waals surface area contributed by atoms with E-state index in [2.05, 4.69) is 22.6 Å². The van der Waals surface area contributed by atoms with Crippen molar-refractivity contribution in [3.05, 3.63) is 36.1 Å². The molecule has 1 aromatic carbocycles. The average Bonchev–Trinajstić information content (AvgIpc) is 3.37. The molecule has 2 aromatic rings. The van der Waals surface area contributed by atoms with Crippen LogP contribution < -0.4 is 10.6 Å². The fourth-order valence-corrected chi connectivity index (χ4v) is 4.06. The van der Waals surface area contributed by atoms with Crippen molar-refractivity contribution >= 4 is 22.8 Å². The third kappa shape index (κ3) is 4.85. The smallest absolute Gasteiger partial charge is 0.245 e. The summed E-state index contributed by atoms with van der Waals surface area (Å²) in [5, 5.41) is 6.98. The molecule has 2 N–H and O–H groups in total. The van der Waals surface area contributed by atoms with E-state index in [0.717, 1.165) is 35.8 Å². The molecule has 1 saturated heterocycles. The van der Waals surface area contributed by atoms with Crippen molar-refractivity contribution in [1.29, 1.82) is 0 Å². The SMILES string of the molecule is C#CCN[C@@H](C)C(=O)N[C@H](C(=O)N1CCC[C@H]1Cc1coc2ccccc12)C(C)C. The molecule has 0 spiro atoms. The molecule has 160 valence electrons. The second kappa shape index (κ2) is 9.82. The lowest BCUT2D eigenvalue weighted by atomic mass is 9.99. The number of para-hydroxylation sites is 1. The van der Waals surface area contributed by atoms with E-state index in [9.17, 15) is 9.59 Å². The Hall–Kier alpha value is -2.78. The van der Waals surface area contributed by atoms with Gasteiger partial charge in [-0.3, -0.25) is 14.9 Å². The molecule has 2 amide bonds. The second-order valence-corrected chi connectivity index (χ2v) is 8.33. The first-order valence-corrected chi connectivity index (χ1v) is 10.6. The van der Waals surface area contributed by atoms with Gasteiger partial charge in [0.05, 0.1) is 18.8 Å². The molecular weight excluding hydrogens is 378 g/mol. The van der Waals surface area contributed by atoms with Crippen LogP contribution >= 0.6 is 0 Å². The van der Waals surface area contributed by atoms with E-state index in [1.165, 1.54) is 0 Å². The number of hydrogen-bond donors (Lipinski definition) is 2. The summed E-state index contributed by atoms with van der Waals surface area (Å²) in [6.45, 7) is 6.68. The maximum absolute atomic E-state index is 13.4. The van der Waals surface area contributed by atoms with Gasteiger partial charge in [0.15, 0.2) is 0 Å². The molecule has 0 aliphatic carbocycles. The zero-order valence-corrected chi connectivity index (χ0v) is 18.0. The van der Waals surface area contributed by atoms with Crippen molar-refractivity contribution in [3.8, 4) is 12.3 Å². The molecule has 6 heteroatoms. The van der Waals surface area contributed by atoms with Crippen LogP contribution in [0.25, 0.3) is 11.0 Å². The summed E-state index contributed by atoms with van der Waals surface area (Å²) in [4.78, 5) is 27.9. The van der Waals surface area contributed by atoms with E-state index in [0.29, 0.717) is 13.1 Å². The third-order valence-electron chi connectivity index (χ3n) is 5.81. The van der Waals surface area contributed by atoms with Crippen LogP contribution in [0.15, 0.2) is 34.9 Å². The number of carbonyl (C=O) groups is 2. The van der Waals surface area contributed by atoms with Gasteiger partial charge in [-0.1, -0.05) is 38.0 Å². The first-order valence-electron chi connectivity index (χ1n) is 10.6. The van der Waals surface area contributed by atoms with Crippen molar-refractivity contribution in [3.63, 3.8) is 0 Å². The van der Waals surface area contributed by atoms with E-state index in [1.807, 2.05) is 36.9 Å². The Morgan fingerprint density at radius 3 is 2.80 bits per heavy atom. The Morgan fingerprint density at radius 2 is 2.07 bits per heavy atom. The molecule has 6 nitrogen and oxygen atoms in total. The number of terminal acetylenes is 1. The van der Waals surface area contributed by atoms with Gasteiger partial charge in [0.25, 0.3) is 0 Å². The Balaban J connectivity index is 1.70. The lowest BCUT2D eigenvalue weighted by molar-refractivity contribution is -0.138. The highest BCUT2D eigenvalue weighted by Crippen LogP contribution is 2.28. The standard InChI is InChI=1S/C24H31N3O3/c1-5-12-25-17(4)23(28)26-22(16(2)3)24(29)27-13-8-9-19(27)14-18-15-30-21-11-7-6-10-20(18)21/h1,6-7,10-11,15-17,19,22,25H,8-9,12-14H2,2-4H3,(H,26,28)/t17-,19-,22-/m0/s1. The molecule has 30 heavy (non-hydrogen) atoms. The van der Waals surface area contributed by atoms with Crippen molar-refractivity contribution in [2.24, 2.45) is 5.92 Å². The van der Waals surface area contributed by atoms with Gasteiger partial charge in [-0.05, 0) is 38.2 Å². The van der Waals surface area contributed by atoms with Crippen molar-refractivity contribution in [1.82, 2.24) is 15.5 Å². The second-order valence-electron chi connectivity index (χ2n) is 8.33. The molecule has 0 radical (unpaired) electrons. The maximum atomic E-state index is 13.4. The van der Waals surface area contributed by atoms with Gasteiger partial charge >= 0.3 is 0 Å². The molecule has 1 aliphatic rings. The molecule has 3 atom stereocenters. The van der Waals surface area contributed by atoms with Crippen LogP contribution in [-0.2, 0) is 16.0 Å². The Labute approximate surface area is 178 Å². The summed E-state index contributed by atoms with van der Waals surface area (Å²) >= 11 is 0. The van der Waals surface area contributed by atoms with Gasteiger partial charge in [0, 0.05) is 23.5 Å². The maximum Gasteiger partial charge on any atom is 0.245 e. The van der Waals surface area contributed by atoms with Crippen molar-refractivity contribution in [2.75, 3.05) is 13.1 Å². The minimum absolute atomic E-state index is 0.0159. The monoisotopic (exact) mass is 409 g/mol. The highest BCUT2D eigenvalue weighted by Gasteiger charge is 2.36. The molecule has 1 aromatic heterocycles. The van der Waals surface area contributed by atoms with Crippen LogP contribution in [0.5, 0.6) is 0 Å². The van der Waals surface area contributed by atoms with E-state index in [4.69, 9.17) is 10.8 Å². The quantitative estimate of drug-likeness (QED) is 0.658. The summed E-state index contributed by atoms with van der Waals surface area (Å²) in [7, 11) is 0. The normalized spacial score (nSPS) is 18.4. The molecule has 1 fully saturated rings. The fraction of sp³-hybridized carbons (Fsp3) is 0.500. The molecule has 2 heterocycles. The Bertz CT molecular complexity index is 927. The number of benzene rings is 1. The molecule has 0 saturated carbocycles. The van der Waals surface area contributed by atoms with Gasteiger partial charge in [0.2, 0.25) is 11.8 Å². The summed E-state index contributed by atoms with van der Waals surface area (Å²) in [6, 6.07) is 7.05. The Morgan fingerprint density at radius 1 is 1.30 bits per heavy atom. The van der Waals surface area contributed by atoms with Crippen molar-refractivity contribution < 1.29 is 14.0 Å². The van der Waals surface area contributed by atoms with Crippen LogP contribution in [0.3, 0.4) is 0 Å². The minimum Gasteiger partial charge on any atom is -0.464 e. The molecule has 1 aliphatic heterocycles. The first-order chi connectivity index (χ1) is 14.4. The van der Waals surface area contributed by atoms with Crippen LogP contribution in [0.2, 0.25) is 0 Å². The van der Waals surface area contributed by atoms with Gasteiger partial charge in [0.1, 0.15) is 11.6 Å². The number of nitrogens with zero attached hydrogens (tertiary/aromatic N) is 1. The van der Waals surface area contributed by atoms with Gasteiger partial charge in [-0.25, -0.2) is 0 Å². The minimum atomic E-state index is -0.561. The number of rotatable bonds is 8. The van der Waals surface area contributed by atoms with E-state index in [1.54, 1.807) is 13.2 Å². The summed E-state index contributed by atoms with van der Waals surface area (Å²) in [5.41, 5.74) is 1.98. The fourth-order valence-electron chi connectivity index (χ4n) is 4.06. The van der Waals surface area contributed by atoms with E-state index in [-0.39, 0.29) is 23.8 Å². The van der Waals surface area contributed by atoms with Crippen molar-refractivity contribution in [2.45, 2.75) is 58.2 Å². The summed E-state index contributed by atoms with van der Waals surface area (Å²) in [6.07, 6.45) is 9.71. The van der Waals surface area contributed by atoms with E-state index >= 15 is 0 Å². The lowest BCUT2D eigenvalue weighted by Crippen LogP contribution is -2.55. The molecule has 0 bridgehead atoms. The lowest BCUT2D eigenvalue weighted by Gasteiger charge is -2.31. The first kappa shape index (κ1) is 21.9. The number of fused-ring (bicyclic) bond motifs is 1. The highest BCUT2D eigenvalue weighted by atomic mass is 16.3. The summed E-state index contributed by atoms with van der Waals surface area (Å²) < 4.78 is 5.67. The number of furan rings is 1. The van der Waals surface area contributed by atoms with Gasteiger partial charge < -0.3 is 14.6 Å². The predicted octanol–water partition coefficient (Wildman–Crippen LogP) is 2.72. The molecular formula is C24H31N3O3. The van der Waals surface area contributed by atoms with E-state index < -0.39 is 12.1 Å². The average molecular weight is 410 g/mol. The highest BCUT2D eigenvalue weighted by molar-refractivity contribution is 5.90. The number of nitrogens with one attached hydrogen (secondary N) is 2. The van der Waals surface area contributed by atoms with Crippen LogP contribution in [-0.4, -0.2) is 47.9 Å². The number of hydrogen-bond acceptors (Lipinski definition) is 4. The Kier molecular flexibility index (Phi) is 7.17. The van der Waals surface area contributed by atoms with Gasteiger partial charge in [-0.2, -0.15) is 0 Å². The number of amides is 2. The number of likely N-dealkylation sites (tertiary alicyclic amines) is 1. The predicted molar refractivity (Wildman–Crippen MR) is 118 cm³/mol. The van der Waals surface area contributed by atoms with Crippen LogP contribution in [0.4, 0.5) is 0 Å². The van der Waals surface area contributed by atoms with Crippen LogP contribution in [0.1, 0.15) is 39.2 Å².